The predicted molar refractivity (Wildman–Crippen MR) is 133 cm³/mol. The van der Waals surface area contributed by atoms with Gasteiger partial charge < -0.3 is 15.5 Å². The van der Waals surface area contributed by atoms with Gasteiger partial charge in [-0.3, -0.25) is 14.4 Å². The van der Waals surface area contributed by atoms with Crippen LogP contribution in [0.3, 0.4) is 0 Å². The maximum Gasteiger partial charge on any atom is 0.255 e. The fraction of sp³-hybridized carbons (Fsp3) is 0.250. The zero-order valence-electron chi connectivity index (χ0n) is 19.5. The van der Waals surface area contributed by atoms with Crippen molar-refractivity contribution in [1.29, 1.82) is 0 Å². The molecule has 0 bridgehead atoms. The molecule has 174 valence electrons. The van der Waals surface area contributed by atoms with Crippen molar-refractivity contribution >= 4 is 23.4 Å². The second kappa shape index (κ2) is 10.3. The third kappa shape index (κ3) is 5.34. The van der Waals surface area contributed by atoms with Crippen molar-refractivity contribution in [2.75, 3.05) is 18.4 Å². The Kier molecular flexibility index (Phi) is 7.07. The Hall–Kier alpha value is -3.93. The summed E-state index contributed by atoms with van der Waals surface area (Å²) >= 11 is 0. The molecule has 3 amide bonds. The highest BCUT2D eigenvalue weighted by molar-refractivity contribution is 6.05. The summed E-state index contributed by atoms with van der Waals surface area (Å²) in [5, 5.41) is 6.02. The molecule has 0 radical (unpaired) electrons. The molecule has 0 aliphatic carbocycles. The van der Waals surface area contributed by atoms with Crippen LogP contribution < -0.4 is 10.6 Å². The number of anilines is 1. The van der Waals surface area contributed by atoms with Crippen LogP contribution in [0.5, 0.6) is 0 Å². The molecule has 0 unspecified atom stereocenters. The highest BCUT2D eigenvalue weighted by Gasteiger charge is 2.25. The van der Waals surface area contributed by atoms with Crippen molar-refractivity contribution in [1.82, 2.24) is 10.2 Å². The molecule has 2 N–H and O–H groups in total. The minimum Gasteiger partial charge on any atom is -0.349 e. The van der Waals surface area contributed by atoms with Gasteiger partial charge in [-0.2, -0.15) is 0 Å². The quantitative estimate of drug-likeness (QED) is 0.591. The number of piperidine rings is 1. The van der Waals surface area contributed by atoms with E-state index in [-0.39, 0.29) is 23.8 Å². The van der Waals surface area contributed by atoms with Gasteiger partial charge in [0.15, 0.2) is 0 Å². The van der Waals surface area contributed by atoms with Crippen LogP contribution in [-0.4, -0.2) is 41.8 Å². The molecule has 1 aliphatic rings. The average molecular weight is 456 g/mol. The molecule has 4 rings (SSSR count). The van der Waals surface area contributed by atoms with Crippen LogP contribution in [0.4, 0.5) is 5.69 Å². The molecular formula is C28H29N3O3. The highest BCUT2D eigenvalue weighted by atomic mass is 16.2. The van der Waals surface area contributed by atoms with Gasteiger partial charge in [-0.1, -0.05) is 42.5 Å². The summed E-state index contributed by atoms with van der Waals surface area (Å²) in [6, 6.07) is 21.9. The number of nitrogens with one attached hydrogen (secondary N) is 2. The van der Waals surface area contributed by atoms with E-state index in [1.54, 1.807) is 24.3 Å². The third-order valence-corrected chi connectivity index (χ3v) is 6.28. The lowest BCUT2D eigenvalue weighted by atomic mass is 10.0. The summed E-state index contributed by atoms with van der Waals surface area (Å²) in [4.78, 5) is 40.1. The molecule has 1 fully saturated rings. The Morgan fingerprint density at radius 1 is 0.765 bits per heavy atom. The SMILES string of the molecule is Cc1ccc(C(=O)N2CCC(NC(=O)c3ccccc3C)CC2)cc1NC(=O)c1ccccc1. The topological polar surface area (TPSA) is 78.5 Å². The van der Waals surface area contributed by atoms with Gasteiger partial charge in [-0.15, -0.1) is 0 Å². The van der Waals surface area contributed by atoms with E-state index in [0.717, 1.165) is 11.1 Å². The number of amides is 3. The highest BCUT2D eigenvalue weighted by Crippen LogP contribution is 2.21. The first-order chi connectivity index (χ1) is 16.4. The summed E-state index contributed by atoms with van der Waals surface area (Å²) in [6.45, 7) is 4.96. The van der Waals surface area contributed by atoms with E-state index >= 15 is 0 Å². The Balaban J connectivity index is 1.36. The summed E-state index contributed by atoms with van der Waals surface area (Å²) in [5.74, 6) is -0.349. The largest absolute Gasteiger partial charge is 0.349 e. The van der Waals surface area contributed by atoms with Crippen molar-refractivity contribution in [3.63, 3.8) is 0 Å². The molecule has 34 heavy (non-hydrogen) atoms. The van der Waals surface area contributed by atoms with E-state index < -0.39 is 0 Å². The number of likely N-dealkylation sites (tertiary alicyclic amines) is 1. The van der Waals surface area contributed by atoms with Gasteiger partial charge in [0.25, 0.3) is 17.7 Å². The van der Waals surface area contributed by atoms with Crippen LogP contribution in [0.1, 0.15) is 55.0 Å². The van der Waals surface area contributed by atoms with Gasteiger partial charge in [-0.05, 0) is 68.1 Å². The van der Waals surface area contributed by atoms with E-state index in [4.69, 9.17) is 0 Å². The minimum atomic E-state index is -0.210. The molecule has 0 aromatic heterocycles. The standard InChI is InChI=1S/C28H29N3O3/c1-19-8-6-7-11-24(19)27(33)29-23-14-16-31(17-15-23)28(34)22-13-12-20(2)25(18-22)30-26(32)21-9-4-3-5-10-21/h3-13,18,23H,14-17H2,1-2H3,(H,29,33)(H,30,32). The summed E-state index contributed by atoms with van der Waals surface area (Å²) in [6.07, 6.45) is 1.40. The number of hydrogen-bond acceptors (Lipinski definition) is 3. The van der Waals surface area contributed by atoms with Gasteiger partial charge in [0.1, 0.15) is 0 Å². The predicted octanol–water partition coefficient (Wildman–Crippen LogP) is 4.59. The van der Waals surface area contributed by atoms with Gasteiger partial charge >= 0.3 is 0 Å². The van der Waals surface area contributed by atoms with Gasteiger partial charge in [0.05, 0.1) is 0 Å². The fourth-order valence-electron chi connectivity index (χ4n) is 4.17. The molecule has 0 spiro atoms. The number of rotatable bonds is 5. The monoisotopic (exact) mass is 455 g/mol. The van der Waals surface area contributed by atoms with Gasteiger partial charge in [0, 0.05) is 41.5 Å². The maximum absolute atomic E-state index is 13.1. The lowest BCUT2D eigenvalue weighted by Crippen LogP contribution is -2.46. The summed E-state index contributed by atoms with van der Waals surface area (Å²) in [5.41, 5.74) is 4.25. The van der Waals surface area contributed by atoms with Crippen LogP contribution in [0.25, 0.3) is 0 Å². The first-order valence-corrected chi connectivity index (χ1v) is 11.5. The van der Waals surface area contributed by atoms with Crippen molar-refractivity contribution in [3.8, 4) is 0 Å². The summed E-state index contributed by atoms with van der Waals surface area (Å²) < 4.78 is 0. The molecular weight excluding hydrogens is 426 g/mol. The Labute approximate surface area is 200 Å². The fourth-order valence-corrected chi connectivity index (χ4v) is 4.17. The van der Waals surface area contributed by atoms with E-state index in [0.29, 0.717) is 48.3 Å². The lowest BCUT2D eigenvalue weighted by molar-refractivity contribution is 0.0697. The van der Waals surface area contributed by atoms with E-state index in [1.807, 2.05) is 67.3 Å². The molecule has 0 saturated carbocycles. The van der Waals surface area contributed by atoms with Crippen LogP contribution >= 0.6 is 0 Å². The molecule has 6 nitrogen and oxygen atoms in total. The summed E-state index contributed by atoms with van der Waals surface area (Å²) in [7, 11) is 0. The van der Waals surface area contributed by atoms with Crippen LogP contribution in [-0.2, 0) is 0 Å². The van der Waals surface area contributed by atoms with Crippen LogP contribution in [0, 0.1) is 13.8 Å². The number of hydrogen-bond donors (Lipinski definition) is 2. The number of benzene rings is 3. The zero-order valence-corrected chi connectivity index (χ0v) is 19.5. The van der Waals surface area contributed by atoms with E-state index in [1.165, 1.54) is 0 Å². The van der Waals surface area contributed by atoms with Gasteiger partial charge in [-0.25, -0.2) is 0 Å². The Bertz CT molecular complexity index is 1200. The number of aryl methyl sites for hydroxylation is 2. The molecule has 3 aromatic rings. The van der Waals surface area contributed by atoms with E-state index in [9.17, 15) is 14.4 Å². The lowest BCUT2D eigenvalue weighted by Gasteiger charge is -2.32. The zero-order chi connectivity index (χ0) is 24.1. The molecule has 3 aromatic carbocycles. The van der Waals surface area contributed by atoms with Crippen molar-refractivity contribution in [2.45, 2.75) is 32.7 Å². The maximum atomic E-state index is 13.1. The Morgan fingerprint density at radius 3 is 2.15 bits per heavy atom. The number of carbonyl (C=O) groups excluding carboxylic acids is 3. The second-order valence-corrected chi connectivity index (χ2v) is 8.70. The van der Waals surface area contributed by atoms with Crippen molar-refractivity contribution < 1.29 is 14.4 Å². The second-order valence-electron chi connectivity index (χ2n) is 8.70. The number of carbonyl (C=O) groups is 3. The molecule has 6 heteroatoms. The van der Waals surface area contributed by atoms with E-state index in [2.05, 4.69) is 10.6 Å². The van der Waals surface area contributed by atoms with Crippen molar-refractivity contribution in [2.24, 2.45) is 0 Å². The van der Waals surface area contributed by atoms with Gasteiger partial charge in [0.2, 0.25) is 0 Å². The Morgan fingerprint density at radius 2 is 1.44 bits per heavy atom. The number of nitrogens with zero attached hydrogens (tertiary/aromatic N) is 1. The first kappa shape index (κ1) is 23.2. The van der Waals surface area contributed by atoms with Crippen LogP contribution in [0.15, 0.2) is 72.8 Å². The molecule has 1 saturated heterocycles. The minimum absolute atomic E-state index is 0.0369. The third-order valence-electron chi connectivity index (χ3n) is 6.28. The average Bonchev–Trinajstić information content (AvgIpc) is 2.86. The smallest absolute Gasteiger partial charge is 0.255 e. The normalized spacial score (nSPS) is 13.9. The van der Waals surface area contributed by atoms with Crippen molar-refractivity contribution in [3.05, 3.63) is 101 Å². The first-order valence-electron chi connectivity index (χ1n) is 11.5. The van der Waals surface area contributed by atoms with Crippen LogP contribution in [0.2, 0.25) is 0 Å². The molecule has 1 aliphatic heterocycles. The molecule has 1 heterocycles. The molecule has 0 atom stereocenters.